The van der Waals surface area contributed by atoms with Gasteiger partial charge in [0.05, 0.1) is 22.9 Å². The predicted molar refractivity (Wildman–Crippen MR) is 157 cm³/mol. The Balaban J connectivity index is 1.44. The van der Waals surface area contributed by atoms with E-state index in [1.54, 1.807) is 6.08 Å². The quantitative estimate of drug-likeness (QED) is 0.245. The molecule has 39 heavy (non-hydrogen) atoms. The van der Waals surface area contributed by atoms with Gasteiger partial charge < -0.3 is 10.0 Å². The molecular formula is C33H32ClN3O2. The second-order valence-corrected chi connectivity index (χ2v) is 11.1. The Morgan fingerprint density at radius 2 is 1.82 bits per heavy atom. The van der Waals surface area contributed by atoms with Crippen LogP contribution in [-0.2, 0) is 17.8 Å². The number of aliphatic carboxylic acids is 1. The molecule has 0 saturated heterocycles. The number of fused-ring (bicyclic) bond motifs is 1. The van der Waals surface area contributed by atoms with Crippen molar-refractivity contribution < 1.29 is 9.90 Å². The summed E-state index contributed by atoms with van der Waals surface area (Å²) in [5.74, 6) is -0.307. The smallest absolute Gasteiger partial charge is 0.328 e. The Labute approximate surface area is 234 Å². The summed E-state index contributed by atoms with van der Waals surface area (Å²) in [6.07, 6.45) is 10.2. The largest absolute Gasteiger partial charge is 0.478 e. The highest BCUT2D eigenvalue weighted by Gasteiger charge is 2.35. The van der Waals surface area contributed by atoms with E-state index in [4.69, 9.17) is 16.7 Å². The molecule has 1 fully saturated rings. The fraction of sp³-hybridized carbons (Fsp3) is 0.273. The molecule has 2 heterocycles. The molecule has 0 bridgehead atoms. The van der Waals surface area contributed by atoms with Gasteiger partial charge in [-0.25, -0.2) is 4.79 Å². The van der Waals surface area contributed by atoms with Crippen molar-refractivity contribution >= 4 is 29.3 Å². The fourth-order valence-corrected chi connectivity index (χ4v) is 6.10. The van der Waals surface area contributed by atoms with E-state index >= 15 is 0 Å². The summed E-state index contributed by atoms with van der Waals surface area (Å²) in [4.78, 5) is 13.5. The Kier molecular flexibility index (Phi) is 6.78. The lowest BCUT2D eigenvalue weighted by molar-refractivity contribution is -0.131. The first-order valence-electron chi connectivity index (χ1n) is 13.7. The zero-order chi connectivity index (χ0) is 27.1. The van der Waals surface area contributed by atoms with Gasteiger partial charge in [-0.3, -0.25) is 4.68 Å². The predicted octanol–water partition coefficient (Wildman–Crippen LogP) is 7.74. The van der Waals surface area contributed by atoms with E-state index in [-0.39, 0.29) is 12.1 Å². The van der Waals surface area contributed by atoms with Crippen LogP contribution < -0.4 is 4.90 Å². The van der Waals surface area contributed by atoms with E-state index in [0.29, 0.717) is 5.92 Å². The van der Waals surface area contributed by atoms with Gasteiger partial charge >= 0.3 is 5.97 Å². The zero-order valence-electron chi connectivity index (χ0n) is 22.2. The number of halogens is 1. The van der Waals surface area contributed by atoms with Gasteiger partial charge in [0.1, 0.15) is 0 Å². The number of hydrogen-bond acceptors (Lipinski definition) is 3. The van der Waals surface area contributed by atoms with Crippen molar-refractivity contribution in [2.45, 2.75) is 57.7 Å². The molecule has 1 aromatic heterocycles. The first-order valence-corrected chi connectivity index (χ1v) is 14.0. The Bertz CT molecular complexity index is 1550. The lowest BCUT2D eigenvalue weighted by atomic mass is 9.83. The van der Waals surface area contributed by atoms with Crippen LogP contribution in [0.1, 0.15) is 66.5 Å². The summed E-state index contributed by atoms with van der Waals surface area (Å²) in [7, 11) is 0. The van der Waals surface area contributed by atoms with Crippen molar-refractivity contribution in [3.63, 3.8) is 0 Å². The van der Waals surface area contributed by atoms with Gasteiger partial charge in [-0.05, 0) is 90.6 Å². The molecule has 198 valence electrons. The average molecular weight is 538 g/mol. The normalized spacial score (nSPS) is 18.9. The first-order chi connectivity index (χ1) is 18.9. The first kappa shape index (κ1) is 25.4. The van der Waals surface area contributed by atoms with Gasteiger partial charge in [0.25, 0.3) is 0 Å². The lowest BCUT2D eigenvalue weighted by Gasteiger charge is -2.44. The highest BCUT2D eigenvalue weighted by Crippen LogP contribution is 2.47. The molecule has 1 saturated carbocycles. The van der Waals surface area contributed by atoms with E-state index in [9.17, 15) is 4.79 Å². The number of carboxylic acid groups (broad SMARTS) is 1. The minimum absolute atomic E-state index is 0.0297. The van der Waals surface area contributed by atoms with Gasteiger partial charge in [0.2, 0.25) is 0 Å². The second-order valence-electron chi connectivity index (χ2n) is 10.7. The van der Waals surface area contributed by atoms with Crippen molar-refractivity contribution in [3.05, 3.63) is 112 Å². The Morgan fingerprint density at radius 1 is 1.05 bits per heavy atom. The molecule has 3 aromatic carbocycles. The van der Waals surface area contributed by atoms with Crippen molar-refractivity contribution in [3.8, 4) is 11.1 Å². The number of carbonyl (C=O) groups is 1. The highest BCUT2D eigenvalue weighted by atomic mass is 35.5. The molecule has 5 nitrogen and oxygen atoms in total. The van der Waals surface area contributed by atoms with E-state index in [1.807, 2.05) is 23.0 Å². The third-order valence-corrected chi connectivity index (χ3v) is 8.27. The molecule has 0 radical (unpaired) electrons. The summed E-state index contributed by atoms with van der Waals surface area (Å²) in [6, 6.07) is 21.7. The van der Waals surface area contributed by atoms with Gasteiger partial charge in [-0.1, -0.05) is 60.1 Å². The number of aromatic nitrogens is 2. The van der Waals surface area contributed by atoms with E-state index in [1.165, 1.54) is 41.2 Å². The second kappa shape index (κ2) is 10.4. The van der Waals surface area contributed by atoms with Crippen LogP contribution in [0.3, 0.4) is 0 Å². The molecule has 1 aliphatic heterocycles. The van der Waals surface area contributed by atoms with Gasteiger partial charge in [-0.15, -0.1) is 0 Å². The molecule has 0 amide bonds. The zero-order valence-corrected chi connectivity index (χ0v) is 23.0. The number of rotatable bonds is 7. The number of nitrogens with zero attached hydrogens (tertiary/aromatic N) is 3. The molecule has 1 N–H and O–H groups in total. The lowest BCUT2D eigenvalue weighted by Crippen LogP contribution is -2.43. The third kappa shape index (κ3) is 5.11. The monoisotopic (exact) mass is 537 g/mol. The van der Waals surface area contributed by atoms with Gasteiger partial charge in [-0.2, -0.15) is 5.10 Å². The summed E-state index contributed by atoms with van der Waals surface area (Å²) in [6.45, 7) is 5.21. The number of carboxylic acids is 1. The maximum absolute atomic E-state index is 11.0. The summed E-state index contributed by atoms with van der Waals surface area (Å²) >= 11 is 6.98. The minimum atomic E-state index is -0.954. The van der Waals surface area contributed by atoms with E-state index in [2.05, 4.69) is 78.6 Å². The number of hydrogen-bond donors (Lipinski definition) is 1. The van der Waals surface area contributed by atoms with Crippen LogP contribution >= 0.6 is 11.6 Å². The third-order valence-electron chi connectivity index (χ3n) is 7.97. The molecule has 6 heteroatoms. The van der Waals surface area contributed by atoms with Crippen LogP contribution in [0.15, 0.2) is 79.1 Å². The van der Waals surface area contributed by atoms with Crippen molar-refractivity contribution in [1.82, 2.24) is 9.78 Å². The molecule has 2 atom stereocenters. The molecule has 0 spiro atoms. The molecule has 6 rings (SSSR count). The number of aryl methyl sites for hydroxylation is 1. The van der Waals surface area contributed by atoms with Crippen LogP contribution in [0.5, 0.6) is 0 Å². The maximum atomic E-state index is 11.0. The van der Waals surface area contributed by atoms with E-state index in [0.717, 1.165) is 40.4 Å². The molecule has 1 aliphatic carbocycles. The Hall–Kier alpha value is -3.83. The summed E-state index contributed by atoms with van der Waals surface area (Å²) < 4.78 is 1.95. The maximum Gasteiger partial charge on any atom is 0.328 e. The van der Waals surface area contributed by atoms with Crippen molar-refractivity contribution in [2.24, 2.45) is 0 Å². The SMILES string of the molecule is CCn1cc(-c2ccc3c(c2)C[C@H](C)N(c2ccc(C4CC4)cc2Cl)[C@H]3c2ccc(/C=C/C(=O)O)cc2)cn1. The van der Waals surface area contributed by atoms with Crippen LogP contribution in [0.4, 0.5) is 5.69 Å². The number of anilines is 1. The minimum Gasteiger partial charge on any atom is -0.478 e. The van der Waals surface area contributed by atoms with Crippen LogP contribution in [0, 0.1) is 0 Å². The standard InChI is InChI=1S/C33H32ClN3O2/c1-3-36-20-28(19-35-36)25-11-13-29-27(17-25)16-21(2)37(31-14-12-26(18-30(31)34)23-9-10-23)33(29)24-7-4-22(5-8-24)6-15-32(38)39/h4-8,11-15,17-21,23,33H,3,9-10,16H2,1-2H3,(H,38,39)/b15-6+/t21-,33-/m0/s1. The molecule has 0 unspecified atom stereocenters. The summed E-state index contributed by atoms with van der Waals surface area (Å²) in [5, 5.41) is 14.3. The topological polar surface area (TPSA) is 58.4 Å². The molecule has 4 aromatic rings. The van der Waals surface area contributed by atoms with Crippen LogP contribution in [-0.4, -0.2) is 26.9 Å². The average Bonchev–Trinajstić information content (AvgIpc) is 3.68. The Morgan fingerprint density at radius 3 is 2.49 bits per heavy atom. The molecular weight excluding hydrogens is 506 g/mol. The van der Waals surface area contributed by atoms with Crippen molar-refractivity contribution in [2.75, 3.05) is 4.90 Å². The number of benzene rings is 3. The van der Waals surface area contributed by atoms with E-state index < -0.39 is 5.97 Å². The van der Waals surface area contributed by atoms with Crippen LogP contribution in [0.25, 0.3) is 17.2 Å². The van der Waals surface area contributed by atoms with Gasteiger partial charge in [0.15, 0.2) is 0 Å². The molecule has 2 aliphatic rings. The highest BCUT2D eigenvalue weighted by molar-refractivity contribution is 6.33. The summed E-state index contributed by atoms with van der Waals surface area (Å²) in [5.41, 5.74) is 9.26. The fourth-order valence-electron chi connectivity index (χ4n) is 5.81. The van der Waals surface area contributed by atoms with Crippen LogP contribution in [0.2, 0.25) is 5.02 Å². The van der Waals surface area contributed by atoms with Crippen molar-refractivity contribution in [1.29, 1.82) is 0 Å². The van der Waals surface area contributed by atoms with Gasteiger partial charge in [0, 0.05) is 30.4 Å².